The van der Waals surface area contributed by atoms with Crippen LogP contribution in [-0.4, -0.2) is 25.7 Å². The molecule has 0 saturated heterocycles. The fraction of sp³-hybridized carbons (Fsp3) is 0.500. The lowest BCUT2D eigenvalue weighted by atomic mass is 9.99. The van der Waals surface area contributed by atoms with E-state index in [4.69, 9.17) is 27.0 Å². The average molecular weight is 356 g/mol. The molecule has 9 heteroatoms. The molecule has 0 N–H and O–H groups in total. The van der Waals surface area contributed by atoms with Crippen LogP contribution in [0.15, 0.2) is 18.2 Å². The molecule has 0 aromatic heterocycles. The second kappa shape index (κ2) is 7.29. The van der Waals surface area contributed by atoms with Gasteiger partial charge in [0.2, 0.25) is 9.05 Å². The van der Waals surface area contributed by atoms with E-state index in [2.05, 4.69) is 0 Å². The minimum Gasteiger partial charge on any atom is -0.486 e. The third kappa shape index (κ3) is 6.07. The van der Waals surface area contributed by atoms with Crippen molar-refractivity contribution in [1.82, 2.24) is 0 Å². The molecule has 0 amide bonds. The molecule has 1 aromatic rings. The molecule has 0 spiro atoms. The van der Waals surface area contributed by atoms with Gasteiger partial charge in [0, 0.05) is 27.7 Å². The van der Waals surface area contributed by atoms with Gasteiger partial charge in [-0.2, -0.15) is 0 Å². The van der Waals surface area contributed by atoms with Crippen molar-refractivity contribution < 1.29 is 18.1 Å². The van der Waals surface area contributed by atoms with Crippen LogP contribution in [0.2, 0.25) is 5.02 Å². The summed E-state index contributed by atoms with van der Waals surface area (Å²) in [6.45, 7) is 3.66. The highest BCUT2D eigenvalue weighted by molar-refractivity contribution is 8.13. The van der Waals surface area contributed by atoms with Crippen LogP contribution >= 0.6 is 22.3 Å². The van der Waals surface area contributed by atoms with Gasteiger partial charge in [0.1, 0.15) is 0 Å². The van der Waals surface area contributed by atoms with Crippen LogP contribution in [0, 0.1) is 22.0 Å². The minimum absolute atomic E-state index is 0.00604. The summed E-state index contributed by atoms with van der Waals surface area (Å²) >= 11 is 5.70. The summed E-state index contributed by atoms with van der Waals surface area (Å²) in [6, 6.07) is 4.03. The van der Waals surface area contributed by atoms with E-state index in [-0.39, 0.29) is 40.7 Å². The van der Waals surface area contributed by atoms with Crippen molar-refractivity contribution >= 4 is 37.0 Å². The molecule has 0 aliphatic rings. The van der Waals surface area contributed by atoms with Gasteiger partial charge < -0.3 is 4.74 Å². The van der Waals surface area contributed by atoms with Gasteiger partial charge in [-0.1, -0.05) is 25.4 Å². The van der Waals surface area contributed by atoms with Crippen LogP contribution in [0.3, 0.4) is 0 Å². The van der Waals surface area contributed by atoms with E-state index in [1.54, 1.807) is 0 Å². The predicted octanol–water partition coefficient (Wildman–Crippen LogP) is 3.47. The zero-order chi connectivity index (χ0) is 16.2. The Bertz CT molecular complexity index is 618. The normalized spacial score (nSPS) is 13.2. The molecular formula is C12H15Cl2NO5S. The first-order valence-electron chi connectivity index (χ1n) is 6.09. The molecule has 0 heterocycles. The molecule has 1 atom stereocenters. The SMILES string of the molecule is CC(C)C(COc1ccc(Cl)cc1[N+](=O)[O-])CS(=O)(=O)Cl. The van der Waals surface area contributed by atoms with Crippen LogP contribution < -0.4 is 4.74 Å². The Morgan fingerprint density at radius 2 is 2.00 bits per heavy atom. The summed E-state index contributed by atoms with van der Waals surface area (Å²) in [4.78, 5) is 10.3. The number of ether oxygens (including phenoxy) is 1. The highest BCUT2D eigenvalue weighted by Crippen LogP contribution is 2.30. The van der Waals surface area contributed by atoms with E-state index in [1.807, 2.05) is 13.8 Å². The van der Waals surface area contributed by atoms with Crippen molar-refractivity contribution in [2.24, 2.45) is 11.8 Å². The molecule has 0 aliphatic carbocycles. The minimum atomic E-state index is -3.67. The van der Waals surface area contributed by atoms with E-state index in [9.17, 15) is 18.5 Å². The summed E-state index contributed by atoms with van der Waals surface area (Å²) in [7, 11) is 1.58. The van der Waals surface area contributed by atoms with E-state index in [1.165, 1.54) is 18.2 Å². The van der Waals surface area contributed by atoms with Gasteiger partial charge in [-0.15, -0.1) is 0 Å². The number of benzene rings is 1. The lowest BCUT2D eigenvalue weighted by Gasteiger charge is -2.19. The maximum absolute atomic E-state index is 11.2. The second-order valence-electron chi connectivity index (χ2n) is 4.89. The monoisotopic (exact) mass is 355 g/mol. The highest BCUT2D eigenvalue weighted by Gasteiger charge is 2.23. The third-order valence-electron chi connectivity index (χ3n) is 2.93. The topological polar surface area (TPSA) is 86.5 Å². The number of halogens is 2. The first-order valence-corrected chi connectivity index (χ1v) is 8.95. The summed E-state index contributed by atoms with van der Waals surface area (Å²) in [5.74, 6) is -0.595. The highest BCUT2D eigenvalue weighted by atomic mass is 35.7. The van der Waals surface area contributed by atoms with E-state index in [0.717, 1.165) is 0 Å². The summed E-state index contributed by atoms with van der Waals surface area (Å²) in [5, 5.41) is 11.2. The molecule has 1 rings (SSSR count). The van der Waals surface area contributed by atoms with Crippen molar-refractivity contribution in [1.29, 1.82) is 0 Å². The van der Waals surface area contributed by atoms with Crippen LogP contribution in [0.5, 0.6) is 5.75 Å². The molecule has 21 heavy (non-hydrogen) atoms. The van der Waals surface area contributed by atoms with Crippen LogP contribution in [0.4, 0.5) is 5.69 Å². The van der Waals surface area contributed by atoms with Crippen LogP contribution in [-0.2, 0) is 9.05 Å². The van der Waals surface area contributed by atoms with Crippen molar-refractivity contribution in [3.8, 4) is 5.75 Å². The Balaban J connectivity index is 2.88. The van der Waals surface area contributed by atoms with Crippen LogP contribution in [0.1, 0.15) is 13.8 Å². The number of nitro groups is 1. The summed E-state index contributed by atoms with van der Waals surface area (Å²) in [6.07, 6.45) is 0. The van der Waals surface area contributed by atoms with Crippen molar-refractivity contribution in [2.75, 3.05) is 12.4 Å². The maximum atomic E-state index is 11.2. The van der Waals surface area contributed by atoms with Crippen molar-refractivity contribution in [2.45, 2.75) is 13.8 Å². The van der Waals surface area contributed by atoms with Crippen molar-refractivity contribution in [3.05, 3.63) is 33.3 Å². The standard InChI is InChI=1S/C12H15Cl2NO5S/c1-8(2)9(7-21(14,18)19)6-20-12-4-3-10(13)5-11(12)15(16)17/h3-5,8-9H,6-7H2,1-2H3. The van der Waals surface area contributed by atoms with Gasteiger partial charge >= 0.3 is 5.69 Å². The smallest absolute Gasteiger partial charge is 0.312 e. The van der Waals surface area contributed by atoms with Crippen molar-refractivity contribution in [3.63, 3.8) is 0 Å². The molecule has 0 saturated carbocycles. The lowest BCUT2D eigenvalue weighted by molar-refractivity contribution is -0.385. The molecular weight excluding hydrogens is 341 g/mol. The molecule has 1 unspecified atom stereocenters. The number of hydrogen-bond donors (Lipinski definition) is 0. The Labute approximate surface area is 132 Å². The zero-order valence-electron chi connectivity index (χ0n) is 11.5. The second-order valence-corrected chi connectivity index (χ2v) is 8.15. The Morgan fingerprint density at radius 3 is 2.48 bits per heavy atom. The summed E-state index contributed by atoms with van der Waals surface area (Å²) in [5.41, 5.74) is -0.265. The largest absolute Gasteiger partial charge is 0.486 e. The van der Waals surface area contributed by atoms with E-state index in [0.29, 0.717) is 0 Å². The quantitative estimate of drug-likeness (QED) is 0.424. The molecule has 1 aromatic carbocycles. The molecule has 0 radical (unpaired) electrons. The number of nitrogens with zero attached hydrogens (tertiary/aromatic N) is 1. The predicted molar refractivity (Wildman–Crippen MR) is 81.6 cm³/mol. The van der Waals surface area contributed by atoms with Gasteiger partial charge in [-0.3, -0.25) is 10.1 Å². The van der Waals surface area contributed by atoms with E-state index >= 15 is 0 Å². The zero-order valence-corrected chi connectivity index (χ0v) is 13.8. The fourth-order valence-corrected chi connectivity index (χ4v) is 3.29. The molecule has 0 fully saturated rings. The Hall–Kier alpha value is -1.05. The first kappa shape index (κ1) is 18.0. The van der Waals surface area contributed by atoms with Gasteiger partial charge in [-0.25, -0.2) is 8.42 Å². The molecule has 0 aliphatic heterocycles. The average Bonchev–Trinajstić information content (AvgIpc) is 2.33. The number of rotatable bonds is 7. The van der Waals surface area contributed by atoms with Gasteiger partial charge in [0.15, 0.2) is 5.75 Å². The van der Waals surface area contributed by atoms with Crippen LogP contribution in [0.25, 0.3) is 0 Å². The molecule has 118 valence electrons. The lowest BCUT2D eigenvalue weighted by Crippen LogP contribution is -2.24. The molecule has 6 nitrogen and oxygen atoms in total. The third-order valence-corrected chi connectivity index (χ3v) is 4.37. The summed E-state index contributed by atoms with van der Waals surface area (Å²) < 4.78 is 27.7. The number of nitro benzene ring substituents is 1. The maximum Gasteiger partial charge on any atom is 0.312 e. The fourth-order valence-electron chi connectivity index (χ4n) is 1.64. The van der Waals surface area contributed by atoms with Gasteiger partial charge in [0.25, 0.3) is 0 Å². The Morgan fingerprint density at radius 1 is 1.38 bits per heavy atom. The Kier molecular flexibility index (Phi) is 6.24. The first-order chi connectivity index (χ1) is 9.60. The van der Waals surface area contributed by atoms with E-state index < -0.39 is 14.0 Å². The van der Waals surface area contributed by atoms with Gasteiger partial charge in [0.05, 0.1) is 17.3 Å². The van der Waals surface area contributed by atoms with Gasteiger partial charge in [-0.05, 0) is 18.1 Å². The molecule has 0 bridgehead atoms. The number of hydrogen-bond acceptors (Lipinski definition) is 5.